The molecule has 0 spiro atoms. The van der Waals surface area contributed by atoms with Crippen LogP contribution in [0.1, 0.15) is 32.1 Å². The molecule has 1 saturated carbocycles. The average molecular weight is 319 g/mol. The van der Waals surface area contributed by atoms with E-state index in [0.29, 0.717) is 12.2 Å². The topological polar surface area (TPSA) is 109 Å². The first-order chi connectivity index (χ1) is 11.8. The summed E-state index contributed by atoms with van der Waals surface area (Å²) in [5.74, 6) is 0.408. The summed E-state index contributed by atoms with van der Waals surface area (Å²) < 4.78 is 1.76. The van der Waals surface area contributed by atoms with Crippen LogP contribution in [0, 0.1) is 11.3 Å². The molecule has 0 unspecified atom stereocenters. The molecular weight excluding hydrogens is 302 g/mol. The molecule has 1 aliphatic carbocycles. The molecule has 3 N–H and O–H groups in total. The molecule has 0 bridgehead atoms. The number of nitrogens with two attached hydrogens (primary N) is 1. The zero-order valence-corrected chi connectivity index (χ0v) is 13.2. The van der Waals surface area contributed by atoms with Gasteiger partial charge >= 0.3 is 0 Å². The number of anilines is 1. The van der Waals surface area contributed by atoms with E-state index in [1.54, 1.807) is 4.68 Å². The van der Waals surface area contributed by atoms with Gasteiger partial charge in [0.1, 0.15) is 12.0 Å². The summed E-state index contributed by atoms with van der Waals surface area (Å²) in [5, 5.41) is 14.5. The number of nitrogens with zero attached hydrogens (tertiary/aromatic N) is 5. The van der Waals surface area contributed by atoms with Crippen LogP contribution in [0.5, 0.6) is 0 Å². The normalized spacial score (nSPS) is 14.2. The number of hydrogen-bond acceptors (Lipinski definition) is 5. The molecule has 3 aromatic heterocycles. The number of fused-ring (bicyclic) bond motifs is 1. The molecule has 120 valence electrons. The summed E-state index contributed by atoms with van der Waals surface area (Å²) >= 11 is 0. The Balaban J connectivity index is 1.84. The van der Waals surface area contributed by atoms with Gasteiger partial charge < -0.3 is 10.7 Å². The van der Waals surface area contributed by atoms with Crippen LogP contribution in [0.2, 0.25) is 0 Å². The van der Waals surface area contributed by atoms with Gasteiger partial charge in [-0.3, -0.25) is 0 Å². The van der Waals surface area contributed by atoms with Crippen LogP contribution in [0.3, 0.4) is 0 Å². The molecule has 0 amide bonds. The van der Waals surface area contributed by atoms with E-state index in [2.05, 4.69) is 26.1 Å². The Bertz CT molecular complexity index is 962. The maximum absolute atomic E-state index is 9.18. The van der Waals surface area contributed by atoms with E-state index in [1.807, 2.05) is 18.5 Å². The summed E-state index contributed by atoms with van der Waals surface area (Å²) in [5.41, 5.74) is 10.7. The van der Waals surface area contributed by atoms with E-state index >= 15 is 0 Å². The van der Waals surface area contributed by atoms with Gasteiger partial charge in [0, 0.05) is 17.8 Å². The first-order valence-electron chi connectivity index (χ1n) is 7.99. The maximum Gasteiger partial charge on any atom is 0.155 e. The fraction of sp³-hybridized carbons (Fsp3) is 0.294. The van der Waals surface area contributed by atoms with Gasteiger partial charge in [-0.05, 0) is 37.3 Å². The van der Waals surface area contributed by atoms with Crippen LogP contribution >= 0.6 is 0 Å². The second-order valence-electron chi connectivity index (χ2n) is 5.93. The van der Waals surface area contributed by atoms with E-state index in [1.165, 1.54) is 24.7 Å². The number of H-pyrrole nitrogens is 1. The minimum absolute atomic E-state index is 0.333. The van der Waals surface area contributed by atoms with E-state index in [9.17, 15) is 5.26 Å². The summed E-state index contributed by atoms with van der Waals surface area (Å²) in [7, 11) is 0. The Kier molecular flexibility index (Phi) is 3.50. The highest BCUT2D eigenvalue weighted by Crippen LogP contribution is 2.33. The van der Waals surface area contributed by atoms with Gasteiger partial charge in [-0.1, -0.05) is 0 Å². The number of nitrogen functional groups attached to an aromatic ring is 1. The number of aromatic nitrogens is 5. The summed E-state index contributed by atoms with van der Waals surface area (Å²) in [6.07, 6.45) is 9.94. The molecule has 0 saturated heterocycles. The lowest BCUT2D eigenvalue weighted by Gasteiger charge is -2.07. The van der Waals surface area contributed by atoms with Crippen molar-refractivity contribution in [2.45, 2.75) is 32.1 Å². The molecule has 1 fully saturated rings. The quantitative estimate of drug-likeness (QED) is 0.771. The van der Waals surface area contributed by atoms with Gasteiger partial charge in [-0.25, -0.2) is 14.6 Å². The average Bonchev–Trinajstić information content (AvgIpc) is 3.32. The SMILES string of the molecule is N#CCC(=C1CCCC1)n1cc(-c2ncnc3[nH]ccc23)c(N)n1. The van der Waals surface area contributed by atoms with Crippen LogP contribution in [0.15, 0.2) is 30.4 Å². The zero-order chi connectivity index (χ0) is 16.5. The third-order valence-corrected chi connectivity index (χ3v) is 4.49. The van der Waals surface area contributed by atoms with Crippen LogP contribution in [-0.2, 0) is 0 Å². The molecule has 0 atom stereocenters. The standard InChI is InChI=1S/C17H17N7/c18-7-5-14(11-3-1-2-4-11)24-9-13(16(19)23-24)15-12-6-8-20-17(12)22-10-21-15/h6,8-10H,1-5H2,(H2,19,23)(H,20,21,22). The number of allylic oxidation sites excluding steroid dienone is 2. The molecule has 3 heterocycles. The number of rotatable bonds is 3. The van der Waals surface area contributed by atoms with Crippen molar-refractivity contribution in [1.82, 2.24) is 24.7 Å². The highest BCUT2D eigenvalue weighted by atomic mass is 15.3. The van der Waals surface area contributed by atoms with Crippen molar-refractivity contribution >= 4 is 22.5 Å². The van der Waals surface area contributed by atoms with Crippen molar-refractivity contribution in [2.24, 2.45) is 0 Å². The van der Waals surface area contributed by atoms with Crippen LogP contribution in [-0.4, -0.2) is 24.7 Å². The van der Waals surface area contributed by atoms with E-state index in [4.69, 9.17) is 5.73 Å². The Labute approximate surface area is 138 Å². The van der Waals surface area contributed by atoms with Crippen molar-refractivity contribution in [3.63, 3.8) is 0 Å². The molecule has 4 rings (SSSR count). The highest BCUT2D eigenvalue weighted by Gasteiger charge is 2.19. The fourth-order valence-electron chi connectivity index (χ4n) is 3.33. The van der Waals surface area contributed by atoms with Crippen LogP contribution in [0.25, 0.3) is 28.0 Å². The van der Waals surface area contributed by atoms with Gasteiger partial charge in [0.05, 0.1) is 29.4 Å². The van der Waals surface area contributed by atoms with E-state index < -0.39 is 0 Å². The smallest absolute Gasteiger partial charge is 0.155 e. The molecule has 0 radical (unpaired) electrons. The van der Waals surface area contributed by atoms with Gasteiger partial charge in [0.2, 0.25) is 0 Å². The lowest BCUT2D eigenvalue weighted by Crippen LogP contribution is -2.01. The summed E-state index contributed by atoms with van der Waals surface area (Å²) in [6, 6.07) is 4.17. The molecule has 1 aliphatic rings. The Morgan fingerprint density at radius 2 is 2.17 bits per heavy atom. The third-order valence-electron chi connectivity index (χ3n) is 4.49. The number of aromatic amines is 1. The van der Waals surface area contributed by atoms with Gasteiger partial charge in [0.15, 0.2) is 5.82 Å². The minimum atomic E-state index is 0.333. The van der Waals surface area contributed by atoms with Crippen LogP contribution < -0.4 is 5.73 Å². The lowest BCUT2D eigenvalue weighted by atomic mass is 10.1. The number of hydrogen-bond donors (Lipinski definition) is 2. The highest BCUT2D eigenvalue weighted by molar-refractivity contribution is 5.93. The van der Waals surface area contributed by atoms with Crippen molar-refractivity contribution in [2.75, 3.05) is 5.73 Å². The summed E-state index contributed by atoms with van der Waals surface area (Å²) in [4.78, 5) is 11.7. The Morgan fingerprint density at radius 3 is 2.96 bits per heavy atom. The first kappa shape index (κ1) is 14.5. The number of nitrogens with one attached hydrogen (secondary N) is 1. The monoisotopic (exact) mass is 319 g/mol. The Hall–Kier alpha value is -3.14. The largest absolute Gasteiger partial charge is 0.382 e. The fourth-order valence-corrected chi connectivity index (χ4v) is 3.33. The summed E-state index contributed by atoms with van der Waals surface area (Å²) in [6.45, 7) is 0. The van der Waals surface area contributed by atoms with Gasteiger partial charge in [-0.2, -0.15) is 10.4 Å². The third kappa shape index (κ3) is 2.33. The molecule has 7 heteroatoms. The van der Waals surface area contributed by atoms with Crippen molar-refractivity contribution in [3.8, 4) is 17.3 Å². The van der Waals surface area contributed by atoms with Crippen molar-refractivity contribution in [1.29, 1.82) is 5.26 Å². The van der Waals surface area contributed by atoms with Crippen molar-refractivity contribution in [3.05, 3.63) is 30.4 Å². The molecule has 3 aromatic rings. The molecule has 24 heavy (non-hydrogen) atoms. The van der Waals surface area contributed by atoms with E-state index in [0.717, 1.165) is 40.8 Å². The zero-order valence-electron chi connectivity index (χ0n) is 13.2. The molecule has 0 aromatic carbocycles. The minimum Gasteiger partial charge on any atom is -0.382 e. The van der Waals surface area contributed by atoms with Crippen LogP contribution in [0.4, 0.5) is 5.82 Å². The molecular formula is C17H17N7. The van der Waals surface area contributed by atoms with Crippen molar-refractivity contribution < 1.29 is 0 Å². The molecule has 0 aliphatic heterocycles. The second kappa shape index (κ2) is 5.81. The molecule has 7 nitrogen and oxygen atoms in total. The maximum atomic E-state index is 9.18. The first-order valence-corrected chi connectivity index (χ1v) is 7.99. The van der Waals surface area contributed by atoms with Gasteiger partial charge in [0.25, 0.3) is 0 Å². The number of nitriles is 1. The predicted octanol–water partition coefficient (Wildman–Crippen LogP) is 3.10. The predicted molar refractivity (Wildman–Crippen MR) is 91.4 cm³/mol. The lowest BCUT2D eigenvalue weighted by molar-refractivity contribution is 0.863. The van der Waals surface area contributed by atoms with Gasteiger partial charge in [-0.15, -0.1) is 0 Å². The second-order valence-corrected chi connectivity index (χ2v) is 5.93. The van der Waals surface area contributed by atoms with E-state index in [-0.39, 0.29) is 0 Å². The Morgan fingerprint density at radius 1 is 1.33 bits per heavy atom.